The van der Waals surface area contributed by atoms with Crippen LogP contribution in [-0.2, 0) is 10.3 Å². The quantitative estimate of drug-likeness (QED) is 0.857. The number of ether oxygens (including phenoxy) is 1. The molecule has 0 aromatic heterocycles. The minimum Gasteiger partial charge on any atom is -0.387 e. The number of hydrogen-bond donors (Lipinski definition) is 1. The van der Waals surface area contributed by atoms with E-state index in [4.69, 9.17) is 10.5 Å². The van der Waals surface area contributed by atoms with Crippen LogP contribution < -0.4 is 5.73 Å². The Labute approximate surface area is 116 Å². The zero-order chi connectivity index (χ0) is 13.5. The third-order valence-electron chi connectivity index (χ3n) is 3.99. The highest BCUT2D eigenvalue weighted by Crippen LogP contribution is 2.45. The summed E-state index contributed by atoms with van der Waals surface area (Å²) in [5, 5.41) is 0.328. The molecule has 1 saturated heterocycles. The fourth-order valence-electron chi connectivity index (χ4n) is 2.96. The van der Waals surface area contributed by atoms with Crippen LogP contribution in [-0.4, -0.2) is 30.1 Å². The Morgan fingerprint density at radius 1 is 1.42 bits per heavy atom. The molecule has 102 valence electrons. The van der Waals surface area contributed by atoms with Crippen molar-refractivity contribution in [2.24, 2.45) is 16.6 Å². The first-order valence-electron chi connectivity index (χ1n) is 6.40. The number of rotatable bonds is 1. The van der Waals surface area contributed by atoms with Crippen molar-refractivity contribution < 1.29 is 9.13 Å². The lowest BCUT2D eigenvalue weighted by Gasteiger charge is -2.33. The van der Waals surface area contributed by atoms with Crippen LogP contribution in [0.5, 0.6) is 0 Å². The van der Waals surface area contributed by atoms with Gasteiger partial charge in [-0.3, -0.25) is 4.99 Å². The van der Waals surface area contributed by atoms with Crippen molar-refractivity contribution in [3.8, 4) is 0 Å². The van der Waals surface area contributed by atoms with Gasteiger partial charge in [-0.1, -0.05) is 18.2 Å². The van der Waals surface area contributed by atoms with Crippen LogP contribution in [0, 0.1) is 11.7 Å². The summed E-state index contributed by atoms with van der Waals surface area (Å²) in [6.07, 6.45) is 0. The molecule has 5 heteroatoms. The molecule has 2 N–H and O–H groups in total. The second-order valence-electron chi connectivity index (χ2n) is 5.22. The summed E-state index contributed by atoms with van der Waals surface area (Å²) in [5.41, 5.74) is 5.94. The molecule has 3 atom stereocenters. The number of thioether (sulfide) groups is 1. The average molecular weight is 280 g/mol. The van der Waals surface area contributed by atoms with Crippen molar-refractivity contribution in [1.82, 2.24) is 0 Å². The van der Waals surface area contributed by atoms with Gasteiger partial charge in [-0.25, -0.2) is 4.39 Å². The van der Waals surface area contributed by atoms with Crippen LogP contribution >= 0.6 is 11.8 Å². The van der Waals surface area contributed by atoms with Crippen molar-refractivity contribution >= 4 is 17.6 Å². The fourth-order valence-corrected chi connectivity index (χ4v) is 4.18. The summed E-state index contributed by atoms with van der Waals surface area (Å²) in [7, 11) is 0. The maximum Gasteiger partial charge on any atom is 0.128 e. The average Bonchev–Trinajstić information content (AvgIpc) is 2.81. The van der Waals surface area contributed by atoms with Crippen LogP contribution in [0.1, 0.15) is 12.5 Å². The summed E-state index contributed by atoms with van der Waals surface area (Å²) in [6.45, 7) is 3.28. The normalized spacial score (nSPS) is 34.5. The van der Waals surface area contributed by atoms with Gasteiger partial charge in [-0.05, 0) is 13.0 Å². The molecule has 0 unspecified atom stereocenters. The number of fused-ring (bicyclic) bond motifs is 1. The van der Waals surface area contributed by atoms with Crippen LogP contribution in [0.15, 0.2) is 29.3 Å². The molecule has 1 fully saturated rings. The summed E-state index contributed by atoms with van der Waals surface area (Å²) in [4.78, 5) is 4.64. The Kier molecular flexibility index (Phi) is 3.27. The van der Waals surface area contributed by atoms with Crippen molar-refractivity contribution in [2.45, 2.75) is 17.7 Å². The number of hydrogen-bond acceptors (Lipinski definition) is 4. The van der Waals surface area contributed by atoms with E-state index in [1.807, 2.05) is 13.0 Å². The maximum absolute atomic E-state index is 14.2. The van der Waals surface area contributed by atoms with Gasteiger partial charge in [-0.15, -0.1) is 11.8 Å². The van der Waals surface area contributed by atoms with Gasteiger partial charge in [0.15, 0.2) is 0 Å². The molecule has 0 radical (unpaired) electrons. The molecule has 0 amide bonds. The van der Waals surface area contributed by atoms with Gasteiger partial charge >= 0.3 is 0 Å². The van der Waals surface area contributed by atoms with E-state index in [0.717, 1.165) is 0 Å². The maximum atomic E-state index is 14.2. The van der Waals surface area contributed by atoms with Gasteiger partial charge in [0.2, 0.25) is 0 Å². The van der Waals surface area contributed by atoms with Gasteiger partial charge in [0.05, 0.1) is 24.5 Å². The van der Waals surface area contributed by atoms with Gasteiger partial charge in [-0.2, -0.15) is 0 Å². The minimum atomic E-state index is -0.639. The second-order valence-corrected chi connectivity index (χ2v) is 6.45. The van der Waals surface area contributed by atoms with Crippen LogP contribution in [0.25, 0.3) is 0 Å². The lowest BCUT2D eigenvalue weighted by molar-refractivity contribution is 0.166. The molecule has 3 rings (SSSR count). The summed E-state index contributed by atoms with van der Waals surface area (Å²) >= 11 is 1.76. The number of nitrogens with zero attached hydrogens (tertiary/aromatic N) is 1. The first-order valence-corrected chi connectivity index (χ1v) is 7.44. The molecule has 0 saturated carbocycles. The standard InChI is InChI=1S/C14H17FN2OS/c1-14(9-4-2-3-5-11(9)15)10-6-18-7-12(10)19-8-13(16)17-14/h2-5,10,12H,6-8H2,1H3,(H2,16,17)/t10-,12-,14+/m0/s1. The number of amidine groups is 1. The Hall–Kier alpha value is -1.07. The number of benzene rings is 1. The molecule has 0 aliphatic carbocycles. The Morgan fingerprint density at radius 2 is 2.21 bits per heavy atom. The van der Waals surface area contributed by atoms with Gasteiger partial charge in [0.25, 0.3) is 0 Å². The van der Waals surface area contributed by atoms with E-state index in [-0.39, 0.29) is 11.7 Å². The van der Waals surface area contributed by atoms with Gasteiger partial charge in [0.1, 0.15) is 11.7 Å². The van der Waals surface area contributed by atoms with E-state index in [0.29, 0.717) is 35.6 Å². The van der Waals surface area contributed by atoms with Crippen LogP contribution in [0.3, 0.4) is 0 Å². The summed E-state index contributed by atoms with van der Waals surface area (Å²) in [6, 6.07) is 6.83. The zero-order valence-electron chi connectivity index (χ0n) is 10.8. The fraction of sp³-hybridized carbons (Fsp3) is 0.500. The third kappa shape index (κ3) is 2.15. The van der Waals surface area contributed by atoms with Crippen LogP contribution in [0.2, 0.25) is 0 Å². The second kappa shape index (κ2) is 4.80. The molecule has 0 spiro atoms. The third-order valence-corrected chi connectivity index (χ3v) is 5.35. The first-order chi connectivity index (χ1) is 9.11. The van der Waals surface area contributed by atoms with E-state index in [2.05, 4.69) is 4.99 Å². The lowest BCUT2D eigenvalue weighted by atomic mass is 9.79. The summed E-state index contributed by atoms with van der Waals surface area (Å²) in [5.74, 6) is 1.22. The van der Waals surface area contributed by atoms with Gasteiger partial charge in [0, 0.05) is 16.7 Å². The Balaban J connectivity index is 2.12. The zero-order valence-corrected chi connectivity index (χ0v) is 11.6. The topological polar surface area (TPSA) is 47.6 Å². The van der Waals surface area contributed by atoms with Crippen LogP contribution in [0.4, 0.5) is 4.39 Å². The monoisotopic (exact) mass is 280 g/mol. The highest BCUT2D eigenvalue weighted by molar-refractivity contribution is 8.00. The molecule has 1 aromatic rings. The minimum absolute atomic E-state index is 0.162. The molecule has 2 aliphatic rings. The molecule has 2 heterocycles. The van der Waals surface area contributed by atoms with E-state index < -0.39 is 5.54 Å². The van der Waals surface area contributed by atoms with Crippen molar-refractivity contribution in [3.05, 3.63) is 35.6 Å². The predicted molar refractivity (Wildman–Crippen MR) is 75.9 cm³/mol. The number of nitrogens with two attached hydrogens (primary N) is 1. The highest BCUT2D eigenvalue weighted by atomic mass is 32.2. The number of aliphatic imine (C=N–C) groups is 1. The largest absolute Gasteiger partial charge is 0.387 e. The van der Waals surface area contributed by atoms with Crippen molar-refractivity contribution in [2.75, 3.05) is 19.0 Å². The molecular formula is C14H17FN2OS. The molecule has 19 heavy (non-hydrogen) atoms. The van der Waals surface area contributed by atoms with Crippen molar-refractivity contribution in [1.29, 1.82) is 0 Å². The molecule has 1 aromatic carbocycles. The summed E-state index contributed by atoms with van der Waals surface area (Å²) < 4.78 is 19.8. The molecule has 3 nitrogen and oxygen atoms in total. The lowest BCUT2D eigenvalue weighted by Crippen LogP contribution is -2.37. The number of halogens is 1. The van der Waals surface area contributed by atoms with E-state index in [9.17, 15) is 4.39 Å². The molecule has 0 bridgehead atoms. The SMILES string of the molecule is C[C@]1(c2ccccc2F)N=C(N)CS[C@H]2COC[C@@H]21. The Morgan fingerprint density at radius 3 is 3.00 bits per heavy atom. The molecular weight excluding hydrogens is 263 g/mol. The Bertz CT molecular complexity index is 522. The highest BCUT2D eigenvalue weighted by Gasteiger charge is 2.47. The first kappa shape index (κ1) is 12.9. The molecule has 2 aliphatic heterocycles. The van der Waals surface area contributed by atoms with E-state index in [1.54, 1.807) is 23.9 Å². The predicted octanol–water partition coefficient (Wildman–Crippen LogP) is 2.16. The van der Waals surface area contributed by atoms with E-state index in [1.165, 1.54) is 6.07 Å². The van der Waals surface area contributed by atoms with Gasteiger partial charge < -0.3 is 10.5 Å². The van der Waals surface area contributed by atoms with Crippen molar-refractivity contribution in [3.63, 3.8) is 0 Å². The smallest absolute Gasteiger partial charge is 0.128 e. The van der Waals surface area contributed by atoms with E-state index >= 15 is 0 Å².